The summed E-state index contributed by atoms with van der Waals surface area (Å²) in [7, 11) is 1.58. The Morgan fingerprint density at radius 3 is 2.55 bits per heavy atom. The summed E-state index contributed by atoms with van der Waals surface area (Å²) in [4.78, 5) is 27.1. The first-order chi connectivity index (χ1) is 14.9. The minimum atomic E-state index is -0.184. The molecule has 1 aromatic heterocycles. The van der Waals surface area contributed by atoms with Crippen LogP contribution in [0.15, 0.2) is 48.5 Å². The first-order valence-corrected chi connectivity index (χ1v) is 10.4. The maximum Gasteiger partial charge on any atom is 0.257 e. The molecule has 0 atom stereocenters. The van der Waals surface area contributed by atoms with Gasteiger partial charge < -0.3 is 19.5 Å². The number of rotatable bonds is 5. The highest BCUT2D eigenvalue weighted by atomic mass is 16.5. The minimum absolute atomic E-state index is 0.0727. The number of aromatic nitrogens is 1. The van der Waals surface area contributed by atoms with Gasteiger partial charge in [-0.2, -0.15) is 0 Å². The fourth-order valence-corrected chi connectivity index (χ4v) is 4.24. The van der Waals surface area contributed by atoms with Crippen LogP contribution in [0, 0.1) is 20.8 Å². The van der Waals surface area contributed by atoms with Crippen molar-refractivity contribution in [1.29, 1.82) is 0 Å². The number of benzene rings is 2. The fourth-order valence-electron chi connectivity index (χ4n) is 4.24. The number of aryl methyl sites for hydroxylation is 2. The average Bonchev–Trinajstić information content (AvgIpc) is 3.30. The number of methoxy groups -OCH3 is 1. The number of carbonyl (C=O) groups excluding carboxylic acids is 2. The molecule has 1 aliphatic heterocycles. The molecule has 2 amide bonds. The zero-order valence-corrected chi connectivity index (χ0v) is 18.4. The van der Waals surface area contributed by atoms with Crippen LogP contribution in [0.25, 0.3) is 5.69 Å². The van der Waals surface area contributed by atoms with E-state index in [1.807, 2.05) is 32.0 Å². The van der Waals surface area contributed by atoms with Crippen LogP contribution in [-0.4, -0.2) is 30.0 Å². The molecule has 160 valence electrons. The highest BCUT2D eigenvalue weighted by Gasteiger charge is 2.25. The smallest absolute Gasteiger partial charge is 0.257 e. The third-order valence-corrected chi connectivity index (χ3v) is 5.74. The van der Waals surface area contributed by atoms with Gasteiger partial charge in [0.25, 0.3) is 5.91 Å². The highest BCUT2D eigenvalue weighted by Crippen LogP contribution is 2.34. The maximum atomic E-state index is 13.1. The lowest BCUT2D eigenvalue weighted by Gasteiger charge is -2.20. The lowest BCUT2D eigenvalue weighted by atomic mass is 10.2. The molecule has 31 heavy (non-hydrogen) atoms. The number of amides is 2. The van der Waals surface area contributed by atoms with E-state index < -0.39 is 0 Å². The normalized spacial score (nSPS) is 13.5. The molecule has 6 nitrogen and oxygen atoms in total. The van der Waals surface area contributed by atoms with Crippen LogP contribution >= 0.6 is 0 Å². The third-order valence-electron chi connectivity index (χ3n) is 5.74. The van der Waals surface area contributed by atoms with Gasteiger partial charge in [0.2, 0.25) is 5.91 Å². The molecular formula is C25H27N3O3. The topological polar surface area (TPSA) is 63.6 Å². The van der Waals surface area contributed by atoms with Gasteiger partial charge in [0.15, 0.2) is 0 Å². The van der Waals surface area contributed by atoms with Crippen molar-refractivity contribution in [3.8, 4) is 11.4 Å². The van der Waals surface area contributed by atoms with Crippen LogP contribution in [0.1, 0.15) is 40.2 Å². The van der Waals surface area contributed by atoms with E-state index >= 15 is 0 Å². The summed E-state index contributed by atoms with van der Waals surface area (Å²) in [5, 5.41) is 2.99. The molecule has 2 heterocycles. The Balaban J connectivity index is 1.63. The van der Waals surface area contributed by atoms with E-state index in [2.05, 4.69) is 28.9 Å². The zero-order valence-electron chi connectivity index (χ0n) is 18.4. The molecule has 4 rings (SSSR count). The van der Waals surface area contributed by atoms with Crippen molar-refractivity contribution >= 4 is 23.2 Å². The van der Waals surface area contributed by atoms with E-state index in [0.717, 1.165) is 23.5 Å². The lowest BCUT2D eigenvalue weighted by Crippen LogP contribution is -2.24. The van der Waals surface area contributed by atoms with Crippen molar-refractivity contribution in [1.82, 2.24) is 4.57 Å². The number of hydrogen-bond donors (Lipinski definition) is 1. The summed E-state index contributed by atoms with van der Waals surface area (Å²) in [6.45, 7) is 6.66. The molecule has 0 spiro atoms. The first-order valence-electron chi connectivity index (χ1n) is 10.4. The Morgan fingerprint density at radius 1 is 1.06 bits per heavy atom. The number of nitrogens with one attached hydrogen (secondary N) is 1. The molecule has 1 N–H and O–H groups in total. The van der Waals surface area contributed by atoms with Gasteiger partial charge in [-0.05, 0) is 69.2 Å². The monoisotopic (exact) mass is 417 g/mol. The van der Waals surface area contributed by atoms with Gasteiger partial charge in [-0.3, -0.25) is 9.59 Å². The van der Waals surface area contributed by atoms with Crippen LogP contribution in [0.4, 0.5) is 11.4 Å². The zero-order chi connectivity index (χ0) is 22.1. The fraction of sp³-hybridized carbons (Fsp3) is 0.280. The number of ether oxygens (including phenoxy) is 1. The van der Waals surface area contributed by atoms with Gasteiger partial charge in [0.1, 0.15) is 5.75 Å². The summed E-state index contributed by atoms with van der Waals surface area (Å²) in [6.07, 6.45) is 1.36. The Morgan fingerprint density at radius 2 is 1.87 bits per heavy atom. The maximum absolute atomic E-state index is 13.1. The van der Waals surface area contributed by atoms with E-state index in [1.165, 1.54) is 5.56 Å². The molecule has 0 radical (unpaired) electrons. The summed E-state index contributed by atoms with van der Waals surface area (Å²) in [6, 6.07) is 15.5. The van der Waals surface area contributed by atoms with Crippen LogP contribution in [0.3, 0.4) is 0 Å². The molecule has 0 saturated carbocycles. The van der Waals surface area contributed by atoms with Crippen LogP contribution in [-0.2, 0) is 4.79 Å². The molecule has 1 saturated heterocycles. The molecule has 0 bridgehead atoms. The number of carbonyl (C=O) groups is 2. The van der Waals surface area contributed by atoms with Crippen molar-refractivity contribution in [2.45, 2.75) is 33.6 Å². The second kappa shape index (κ2) is 8.30. The van der Waals surface area contributed by atoms with Gasteiger partial charge in [0.05, 0.1) is 18.4 Å². The largest absolute Gasteiger partial charge is 0.495 e. The summed E-state index contributed by atoms with van der Waals surface area (Å²) < 4.78 is 7.53. The Kier molecular flexibility index (Phi) is 5.55. The van der Waals surface area contributed by atoms with Crippen LogP contribution in [0.5, 0.6) is 5.75 Å². The van der Waals surface area contributed by atoms with E-state index in [4.69, 9.17) is 4.74 Å². The van der Waals surface area contributed by atoms with Gasteiger partial charge >= 0.3 is 0 Å². The third kappa shape index (κ3) is 3.93. The van der Waals surface area contributed by atoms with E-state index in [1.54, 1.807) is 30.2 Å². The van der Waals surface area contributed by atoms with E-state index in [0.29, 0.717) is 35.7 Å². The van der Waals surface area contributed by atoms with Crippen molar-refractivity contribution in [2.75, 3.05) is 23.9 Å². The average molecular weight is 418 g/mol. The summed E-state index contributed by atoms with van der Waals surface area (Å²) >= 11 is 0. The number of nitrogens with zero attached hydrogens (tertiary/aromatic N) is 2. The Bertz CT molecular complexity index is 1160. The van der Waals surface area contributed by atoms with Gasteiger partial charge in [0, 0.05) is 35.7 Å². The molecular weight excluding hydrogens is 390 g/mol. The predicted molar refractivity (Wildman–Crippen MR) is 123 cm³/mol. The van der Waals surface area contributed by atoms with Crippen molar-refractivity contribution in [2.24, 2.45) is 0 Å². The molecule has 2 aromatic carbocycles. The van der Waals surface area contributed by atoms with Crippen molar-refractivity contribution in [3.63, 3.8) is 0 Å². The first kappa shape index (κ1) is 20.7. The molecule has 1 aliphatic rings. The summed E-state index contributed by atoms with van der Waals surface area (Å²) in [5.74, 6) is 0.505. The molecule has 3 aromatic rings. The van der Waals surface area contributed by atoms with E-state index in [9.17, 15) is 9.59 Å². The SMILES string of the molecule is COc1ccc(NC(=O)c2cc(C)n(-c3cccc(C)c3)c2C)cc1N1CCCC1=O. The van der Waals surface area contributed by atoms with Crippen LogP contribution in [0.2, 0.25) is 0 Å². The standard InChI is InChI=1S/C25H27N3O3/c1-16-7-5-8-20(13-16)28-17(2)14-21(18(28)3)25(30)26-19-10-11-23(31-4)22(15-19)27-12-6-9-24(27)29/h5,7-8,10-11,13-15H,6,9,12H2,1-4H3,(H,26,30). The Hall–Kier alpha value is -3.54. The lowest BCUT2D eigenvalue weighted by molar-refractivity contribution is -0.117. The van der Waals surface area contributed by atoms with Gasteiger partial charge in [-0.15, -0.1) is 0 Å². The minimum Gasteiger partial charge on any atom is -0.495 e. The van der Waals surface area contributed by atoms with Crippen molar-refractivity contribution in [3.05, 3.63) is 71.0 Å². The summed E-state index contributed by atoms with van der Waals surface area (Å²) in [5.41, 5.74) is 6.00. The second-order valence-corrected chi connectivity index (χ2v) is 7.95. The van der Waals surface area contributed by atoms with E-state index in [-0.39, 0.29) is 11.8 Å². The molecule has 6 heteroatoms. The Labute approximate surface area is 182 Å². The quantitative estimate of drug-likeness (QED) is 0.649. The predicted octanol–water partition coefficient (Wildman–Crippen LogP) is 4.79. The number of hydrogen-bond acceptors (Lipinski definition) is 3. The van der Waals surface area contributed by atoms with Gasteiger partial charge in [-0.1, -0.05) is 12.1 Å². The van der Waals surface area contributed by atoms with Crippen molar-refractivity contribution < 1.29 is 14.3 Å². The molecule has 1 fully saturated rings. The molecule has 0 unspecified atom stereocenters. The second-order valence-electron chi connectivity index (χ2n) is 7.95. The number of anilines is 2. The van der Waals surface area contributed by atoms with Gasteiger partial charge in [-0.25, -0.2) is 0 Å². The van der Waals surface area contributed by atoms with Crippen LogP contribution < -0.4 is 15.0 Å². The highest BCUT2D eigenvalue weighted by molar-refractivity contribution is 6.06. The molecule has 0 aliphatic carbocycles.